The lowest BCUT2D eigenvalue weighted by Gasteiger charge is -2.14. The van der Waals surface area contributed by atoms with E-state index in [9.17, 15) is 14.4 Å². The molecule has 7 nitrogen and oxygen atoms in total. The van der Waals surface area contributed by atoms with Crippen molar-refractivity contribution in [1.29, 1.82) is 0 Å². The minimum atomic E-state index is -0.587. The second-order valence-electron chi connectivity index (χ2n) is 7.46. The maximum Gasteiger partial charge on any atom is 0.263 e. The fourth-order valence-electron chi connectivity index (χ4n) is 3.28. The Balaban J connectivity index is 1.92. The Morgan fingerprint density at radius 3 is 2.79 bits per heavy atom. The topological polar surface area (TPSA) is 107 Å². The number of hydrogen-bond donors (Lipinski definition) is 2. The van der Waals surface area contributed by atoms with Gasteiger partial charge in [0.15, 0.2) is 5.16 Å². The third kappa shape index (κ3) is 4.75. The van der Waals surface area contributed by atoms with Crippen LogP contribution in [-0.2, 0) is 29.0 Å². The molecule has 2 aromatic heterocycles. The maximum atomic E-state index is 13.3. The van der Waals surface area contributed by atoms with E-state index in [-0.39, 0.29) is 23.8 Å². The molecule has 0 bridgehead atoms. The van der Waals surface area contributed by atoms with Crippen LogP contribution in [0.15, 0.2) is 9.95 Å². The molecule has 1 aliphatic carbocycles. The predicted octanol–water partition coefficient (Wildman–Crippen LogP) is 2.08. The van der Waals surface area contributed by atoms with Crippen molar-refractivity contribution in [3.63, 3.8) is 0 Å². The second kappa shape index (κ2) is 9.09. The smallest absolute Gasteiger partial charge is 0.263 e. The first-order valence-electron chi connectivity index (χ1n) is 9.59. The first-order valence-corrected chi connectivity index (χ1v) is 11.4. The van der Waals surface area contributed by atoms with Gasteiger partial charge in [-0.05, 0) is 43.6 Å². The Kier molecular flexibility index (Phi) is 6.77. The molecule has 0 radical (unpaired) electrons. The van der Waals surface area contributed by atoms with Crippen LogP contribution in [0.3, 0.4) is 0 Å². The van der Waals surface area contributed by atoms with Crippen LogP contribution in [0.25, 0.3) is 10.2 Å². The van der Waals surface area contributed by atoms with Crippen molar-refractivity contribution in [2.45, 2.75) is 57.7 Å². The Morgan fingerprint density at radius 1 is 1.32 bits per heavy atom. The van der Waals surface area contributed by atoms with E-state index in [0.717, 1.165) is 42.3 Å². The SMILES string of the molecule is CC(C)CCn1c(SCC(=O)NCC(N)=O)nc2sc3c(c2c1=O)CCCC3. The first kappa shape index (κ1) is 20.9. The number of nitrogens with two attached hydrogens (primary N) is 1. The number of carbonyl (C=O) groups is 2. The largest absolute Gasteiger partial charge is 0.368 e. The highest BCUT2D eigenvalue weighted by Gasteiger charge is 2.22. The molecule has 28 heavy (non-hydrogen) atoms. The van der Waals surface area contributed by atoms with Crippen LogP contribution in [0.1, 0.15) is 43.6 Å². The molecular weight excluding hydrogens is 396 g/mol. The summed E-state index contributed by atoms with van der Waals surface area (Å²) < 4.78 is 1.72. The first-order chi connectivity index (χ1) is 13.4. The number of carbonyl (C=O) groups excluding carboxylic acids is 2. The number of primary amides is 1. The molecule has 152 valence electrons. The fourth-order valence-corrected chi connectivity index (χ4v) is 5.44. The van der Waals surface area contributed by atoms with Gasteiger partial charge >= 0.3 is 0 Å². The molecular formula is C19H26N4O3S2. The van der Waals surface area contributed by atoms with E-state index in [0.29, 0.717) is 17.6 Å². The van der Waals surface area contributed by atoms with Crippen LogP contribution in [0.2, 0.25) is 0 Å². The molecule has 1 aliphatic rings. The molecule has 2 aromatic rings. The summed E-state index contributed by atoms with van der Waals surface area (Å²) in [6.07, 6.45) is 5.09. The van der Waals surface area contributed by atoms with Gasteiger partial charge in [-0.2, -0.15) is 0 Å². The molecule has 3 rings (SSSR count). The summed E-state index contributed by atoms with van der Waals surface area (Å²) in [6, 6.07) is 0. The molecule has 9 heteroatoms. The van der Waals surface area contributed by atoms with Gasteiger partial charge in [-0.3, -0.25) is 19.0 Å². The van der Waals surface area contributed by atoms with E-state index in [1.54, 1.807) is 15.9 Å². The third-order valence-corrected chi connectivity index (χ3v) is 6.92. The molecule has 0 atom stereocenters. The molecule has 0 saturated heterocycles. The molecule has 0 unspecified atom stereocenters. The fraction of sp³-hybridized carbons (Fsp3) is 0.579. The lowest BCUT2D eigenvalue weighted by Crippen LogP contribution is -2.34. The highest BCUT2D eigenvalue weighted by molar-refractivity contribution is 7.99. The van der Waals surface area contributed by atoms with Crippen molar-refractivity contribution in [3.05, 3.63) is 20.8 Å². The number of aryl methyl sites for hydroxylation is 2. The van der Waals surface area contributed by atoms with Crippen LogP contribution >= 0.6 is 23.1 Å². The molecule has 3 N–H and O–H groups in total. The van der Waals surface area contributed by atoms with E-state index in [1.165, 1.54) is 22.2 Å². The Morgan fingerprint density at radius 2 is 2.07 bits per heavy atom. The molecule has 0 aliphatic heterocycles. The standard InChI is InChI=1S/C19H26N4O3S2/c1-11(2)7-8-23-18(26)16-12-5-3-4-6-13(12)28-17(16)22-19(23)27-10-15(25)21-9-14(20)24/h11H,3-10H2,1-2H3,(H2,20,24)(H,21,25). The van der Waals surface area contributed by atoms with Crippen LogP contribution in [0, 0.1) is 5.92 Å². The lowest BCUT2D eigenvalue weighted by atomic mass is 9.97. The molecule has 2 amide bonds. The summed E-state index contributed by atoms with van der Waals surface area (Å²) in [5.74, 6) is -0.358. The Hall–Kier alpha value is -1.87. The van der Waals surface area contributed by atoms with Gasteiger partial charge in [0.2, 0.25) is 11.8 Å². The van der Waals surface area contributed by atoms with Gasteiger partial charge in [-0.15, -0.1) is 11.3 Å². The Labute approximate surface area is 172 Å². The van der Waals surface area contributed by atoms with Gasteiger partial charge in [-0.1, -0.05) is 25.6 Å². The predicted molar refractivity (Wildman–Crippen MR) is 113 cm³/mol. The molecule has 2 heterocycles. The monoisotopic (exact) mass is 422 g/mol. The van der Waals surface area contributed by atoms with E-state index >= 15 is 0 Å². The average molecular weight is 423 g/mol. The second-order valence-corrected chi connectivity index (χ2v) is 9.48. The number of nitrogens with one attached hydrogen (secondary N) is 1. The van der Waals surface area contributed by atoms with Crippen LogP contribution in [0.5, 0.6) is 0 Å². The van der Waals surface area contributed by atoms with Crippen molar-refractivity contribution in [2.24, 2.45) is 11.7 Å². The summed E-state index contributed by atoms with van der Waals surface area (Å²) in [7, 11) is 0. The average Bonchev–Trinajstić information content (AvgIpc) is 3.02. The zero-order valence-electron chi connectivity index (χ0n) is 16.2. The van der Waals surface area contributed by atoms with Crippen molar-refractivity contribution in [2.75, 3.05) is 12.3 Å². The van der Waals surface area contributed by atoms with Crippen LogP contribution < -0.4 is 16.6 Å². The third-order valence-electron chi connectivity index (χ3n) is 4.76. The summed E-state index contributed by atoms with van der Waals surface area (Å²) in [4.78, 5) is 42.9. The summed E-state index contributed by atoms with van der Waals surface area (Å²) >= 11 is 2.84. The van der Waals surface area contributed by atoms with E-state index in [1.807, 2.05) is 0 Å². The molecule has 0 saturated carbocycles. The summed E-state index contributed by atoms with van der Waals surface area (Å²) in [5, 5.41) is 3.80. The van der Waals surface area contributed by atoms with E-state index < -0.39 is 5.91 Å². The summed E-state index contributed by atoms with van der Waals surface area (Å²) in [6.45, 7) is 4.63. The van der Waals surface area contributed by atoms with Crippen molar-refractivity contribution in [1.82, 2.24) is 14.9 Å². The molecule has 0 fully saturated rings. The number of aromatic nitrogens is 2. The van der Waals surface area contributed by atoms with Crippen LogP contribution in [0.4, 0.5) is 0 Å². The maximum absolute atomic E-state index is 13.3. The van der Waals surface area contributed by atoms with Crippen molar-refractivity contribution >= 4 is 45.1 Å². The Bertz CT molecular complexity index is 949. The minimum Gasteiger partial charge on any atom is -0.368 e. The number of rotatable bonds is 8. The van der Waals surface area contributed by atoms with Gasteiger partial charge in [-0.25, -0.2) is 4.98 Å². The van der Waals surface area contributed by atoms with Gasteiger partial charge in [0.05, 0.1) is 17.7 Å². The number of fused-ring (bicyclic) bond motifs is 3. The van der Waals surface area contributed by atoms with Crippen LogP contribution in [-0.4, -0.2) is 33.7 Å². The van der Waals surface area contributed by atoms with Gasteiger partial charge in [0.1, 0.15) is 4.83 Å². The minimum absolute atomic E-state index is 0.00472. The number of thioether (sulfide) groups is 1. The zero-order chi connectivity index (χ0) is 20.3. The van der Waals surface area contributed by atoms with Gasteiger partial charge < -0.3 is 11.1 Å². The lowest BCUT2D eigenvalue weighted by molar-refractivity contribution is -0.123. The number of nitrogens with zero attached hydrogens (tertiary/aromatic N) is 2. The highest BCUT2D eigenvalue weighted by Crippen LogP contribution is 2.34. The van der Waals surface area contributed by atoms with Crippen molar-refractivity contribution in [3.8, 4) is 0 Å². The zero-order valence-corrected chi connectivity index (χ0v) is 17.9. The van der Waals surface area contributed by atoms with E-state index in [4.69, 9.17) is 10.7 Å². The van der Waals surface area contributed by atoms with E-state index in [2.05, 4.69) is 19.2 Å². The molecule has 0 aromatic carbocycles. The van der Waals surface area contributed by atoms with Gasteiger partial charge in [0, 0.05) is 11.4 Å². The normalized spacial score (nSPS) is 13.7. The van der Waals surface area contributed by atoms with Gasteiger partial charge in [0.25, 0.3) is 5.56 Å². The number of thiophene rings is 1. The quantitative estimate of drug-likeness (QED) is 0.500. The highest BCUT2D eigenvalue weighted by atomic mass is 32.2. The number of amides is 2. The summed E-state index contributed by atoms with van der Waals surface area (Å²) in [5.41, 5.74) is 6.24. The molecule has 0 spiro atoms. The van der Waals surface area contributed by atoms with Crippen molar-refractivity contribution < 1.29 is 9.59 Å². The number of hydrogen-bond acceptors (Lipinski definition) is 6.